The molecular weight excluding hydrogens is 298 g/mol. The number of likely N-dealkylation sites (N-methyl/N-ethyl adjacent to an activating group) is 1. The third kappa shape index (κ3) is 6.92. The van der Waals surface area contributed by atoms with Gasteiger partial charge in [0.15, 0.2) is 0 Å². The molecule has 0 fully saturated rings. The third-order valence-electron chi connectivity index (χ3n) is 2.99. The first-order valence-corrected chi connectivity index (χ1v) is 7.39. The smallest absolute Gasteiger partial charge is 0.337 e. The van der Waals surface area contributed by atoms with Crippen LogP contribution in [0.4, 0.5) is 5.69 Å². The zero-order valence-corrected chi connectivity index (χ0v) is 13.7. The number of ether oxygens (including phenoxy) is 1. The molecule has 1 aromatic rings. The molecule has 0 saturated heterocycles. The third-order valence-corrected chi connectivity index (χ3v) is 2.99. The summed E-state index contributed by atoms with van der Waals surface area (Å²) >= 11 is 0. The number of esters is 1. The van der Waals surface area contributed by atoms with Gasteiger partial charge in [0, 0.05) is 12.2 Å². The first kappa shape index (κ1) is 18.6. The van der Waals surface area contributed by atoms with Gasteiger partial charge in [0.05, 0.1) is 25.8 Å². The number of hydrogen-bond acceptors (Lipinski definition) is 5. The van der Waals surface area contributed by atoms with E-state index in [2.05, 4.69) is 15.4 Å². The summed E-state index contributed by atoms with van der Waals surface area (Å²) in [6.45, 7) is 2.86. The highest BCUT2D eigenvalue weighted by Crippen LogP contribution is 2.10. The maximum absolute atomic E-state index is 11.9. The molecule has 23 heavy (non-hydrogen) atoms. The molecule has 1 aromatic carbocycles. The molecule has 2 N–H and O–H groups in total. The van der Waals surface area contributed by atoms with Gasteiger partial charge in [0.2, 0.25) is 11.8 Å². The van der Waals surface area contributed by atoms with E-state index in [1.165, 1.54) is 7.11 Å². The first-order chi connectivity index (χ1) is 11.0. The largest absolute Gasteiger partial charge is 0.465 e. The second-order valence-electron chi connectivity index (χ2n) is 5.14. The van der Waals surface area contributed by atoms with Crippen molar-refractivity contribution in [2.75, 3.05) is 39.1 Å². The van der Waals surface area contributed by atoms with E-state index in [0.717, 1.165) is 6.42 Å². The predicted molar refractivity (Wildman–Crippen MR) is 87.2 cm³/mol. The number of methoxy groups -OCH3 is 1. The zero-order valence-electron chi connectivity index (χ0n) is 13.7. The van der Waals surface area contributed by atoms with Crippen LogP contribution in [0, 0.1) is 0 Å². The van der Waals surface area contributed by atoms with Gasteiger partial charge in [-0.25, -0.2) is 4.79 Å². The molecule has 0 unspecified atom stereocenters. The van der Waals surface area contributed by atoms with Crippen molar-refractivity contribution >= 4 is 23.5 Å². The van der Waals surface area contributed by atoms with Gasteiger partial charge in [-0.15, -0.1) is 0 Å². The molecule has 0 radical (unpaired) electrons. The van der Waals surface area contributed by atoms with Crippen LogP contribution < -0.4 is 10.6 Å². The molecule has 0 bridgehead atoms. The van der Waals surface area contributed by atoms with Crippen LogP contribution >= 0.6 is 0 Å². The van der Waals surface area contributed by atoms with Gasteiger partial charge >= 0.3 is 5.97 Å². The van der Waals surface area contributed by atoms with Crippen molar-refractivity contribution in [3.63, 3.8) is 0 Å². The molecule has 7 nitrogen and oxygen atoms in total. The molecule has 126 valence electrons. The molecule has 0 heterocycles. The van der Waals surface area contributed by atoms with Gasteiger partial charge in [-0.3, -0.25) is 14.5 Å². The van der Waals surface area contributed by atoms with Gasteiger partial charge < -0.3 is 15.4 Å². The van der Waals surface area contributed by atoms with Crippen LogP contribution in [0.5, 0.6) is 0 Å². The molecule has 0 aliphatic rings. The van der Waals surface area contributed by atoms with Crippen molar-refractivity contribution in [1.82, 2.24) is 10.2 Å². The number of carbonyl (C=O) groups excluding carboxylic acids is 3. The molecule has 2 amide bonds. The number of nitrogens with zero attached hydrogens (tertiary/aromatic N) is 1. The predicted octanol–water partition coefficient (Wildman–Crippen LogP) is 0.870. The number of amides is 2. The number of hydrogen-bond donors (Lipinski definition) is 2. The topological polar surface area (TPSA) is 87.7 Å². The second kappa shape index (κ2) is 9.58. The van der Waals surface area contributed by atoms with Crippen LogP contribution in [0.15, 0.2) is 24.3 Å². The van der Waals surface area contributed by atoms with Crippen molar-refractivity contribution in [2.45, 2.75) is 13.3 Å². The minimum Gasteiger partial charge on any atom is -0.465 e. The van der Waals surface area contributed by atoms with E-state index in [1.54, 1.807) is 36.2 Å². The quantitative estimate of drug-likeness (QED) is 0.694. The fraction of sp³-hybridized carbons (Fsp3) is 0.438. The van der Waals surface area contributed by atoms with Crippen molar-refractivity contribution in [3.05, 3.63) is 29.8 Å². The van der Waals surface area contributed by atoms with Gasteiger partial charge in [0.1, 0.15) is 0 Å². The lowest BCUT2D eigenvalue weighted by molar-refractivity contribution is -0.122. The fourth-order valence-corrected chi connectivity index (χ4v) is 1.87. The van der Waals surface area contributed by atoms with E-state index >= 15 is 0 Å². The Morgan fingerprint density at radius 1 is 1.09 bits per heavy atom. The maximum Gasteiger partial charge on any atom is 0.337 e. The summed E-state index contributed by atoms with van der Waals surface area (Å²) in [4.78, 5) is 36.4. The standard InChI is InChI=1S/C16H23N3O4/c1-4-9-17-14(20)10-19(2)11-15(21)18-13-7-5-12(6-8-13)16(22)23-3/h5-8H,4,9-11H2,1-3H3,(H,17,20)(H,18,21). The zero-order chi connectivity index (χ0) is 17.2. The summed E-state index contributed by atoms with van der Waals surface area (Å²) < 4.78 is 4.60. The van der Waals surface area contributed by atoms with Gasteiger partial charge in [0.25, 0.3) is 0 Å². The highest BCUT2D eigenvalue weighted by Gasteiger charge is 2.11. The number of benzene rings is 1. The minimum absolute atomic E-state index is 0.0955. The normalized spacial score (nSPS) is 10.3. The molecule has 0 saturated carbocycles. The first-order valence-electron chi connectivity index (χ1n) is 7.39. The molecule has 0 aromatic heterocycles. The summed E-state index contributed by atoms with van der Waals surface area (Å²) in [5.74, 6) is -0.771. The molecular formula is C16H23N3O4. The van der Waals surface area contributed by atoms with Crippen LogP contribution in [-0.4, -0.2) is 56.5 Å². The van der Waals surface area contributed by atoms with E-state index < -0.39 is 5.97 Å². The molecule has 0 atom stereocenters. The van der Waals surface area contributed by atoms with Crippen LogP contribution in [0.3, 0.4) is 0 Å². The Bertz CT molecular complexity index is 543. The highest BCUT2D eigenvalue weighted by molar-refractivity contribution is 5.94. The lowest BCUT2D eigenvalue weighted by Crippen LogP contribution is -2.39. The highest BCUT2D eigenvalue weighted by atomic mass is 16.5. The van der Waals surface area contributed by atoms with Crippen LogP contribution in [0.1, 0.15) is 23.7 Å². The van der Waals surface area contributed by atoms with Gasteiger partial charge in [-0.05, 0) is 37.7 Å². The Hall–Kier alpha value is -2.41. The van der Waals surface area contributed by atoms with E-state index in [9.17, 15) is 14.4 Å². The Morgan fingerprint density at radius 3 is 2.26 bits per heavy atom. The second-order valence-corrected chi connectivity index (χ2v) is 5.14. The molecule has 1 rings (SSSR count). The van der Waals surface area contributed by atoms with Crippen LogP contribution in [0.25, 0.3) is 0 Å². The lowest BCUT2D eigenvalue weighted by atomic mass is 10.2. The lowest BCUT2D eigenvalue weighted by Gasteiger charge is -2.16. The van der Waals surface area contributed by atoms with Gasteiger partial charge in [-0.2, -0.15) is 0 Å². The Balaban J connectivity index is 2.43. The Morgan fingerprint density at radius 2 is 1.70 bits per heavy atom. The van der Waals surface area contributed by atoms with Crippen molar-refractivity contribution in [3.8, 4) is 0 Å². The summed E-state index contributed by atoms with van der Waals surface area (Å²) in [5.41, 5.74) is 0.988. The summed E-state index contributed by atoms with van der Waals surface area (Å²) in [6, 6.07) is 6.39. The Labute approximate surface area is 136 Å². The SMILES string of the molecule is CCCNC(=O)CN(C)CC(=O)Nc1ccc(C(=O)OC)cc1. The van der Waals surface area contributed by atoms with E-state index in [-0.39, 0.29) is 24.9 Å². The van der Waals surface area contributed by atoms with Crippen molar-refractivity contribution in [1.29, 1.82) is 0 Å². The maximum atomic E-state index is 11.9. The fourth-order valence-electron chi connectivity index (χ4n) is 1.87. The van der Waals surface area contributed by atoms with Crippen LogP contribution in [0.2, 0.25) is 0 Å². The van der Waals surface area contributed by atoms with E-state index in [0.29, 0.717) is 17.8 Å². The number of rotatable bonds is 8. The molecule has 0 aliphatic heterocycles. The molecule has 7 heteroatoms. The summed E-state index contributed by atoms with van der Waals surface area (Å²) in [5, 5.41) is 5.46. The Kier molecular flexibility index (Phi) is 7.76. The van der Waals surface area contributed by atoms with Crippen LogP contribution in [-0.2, 0) is 14.3 Å². The average molecular weight is 321 g/mol. The van der Waals surface area contributed by atoms with E-state index in [4.69, 9.17) is 0 Å². The summed E-state index contributed by atoms with van der Waals surface area (Å²) in [7, 11) is 3.01. The van der Waals surface area contributed by atoms with Crippen molar-refractivity contribution < 1.29 is 19.1 Å². The summed E-state index contributed by atoms with van der Waals surface area (Å²) in [6.07, 6.45) is 0.873. The molecule has 0 aliphatic carbocycles. The van der Waals surface area contributed by atoms with Gasteiger partial charge in [-0.1, -0.05) is 6.92 Å². The van der Waals surface area contributed by atoms with Crippen molar-refractivity contribution in [2.24, 2.45) is 0 Å². The molecule has 0 spiro atoms. The average Bonchev–Trinajstić information content (AvgIpc) is 2.52. The number of carbonyl (C=O) groups is 3. The van der Waals surface area contributed by atoms with E-state index in [1.807, 2.05) is 6.92 Å². The number of anilines is 1. The minimum atomic E-state index is -0.430. The monoisotopic (exact) mass is 321 g/mol. The number of nitrogens with one attached hydrogen (secondary N) is 2.